The Bertz CT molecular complexity index is 1040. The Hall–Kier alpha value is -3.48. The number of piperidine rings is 1. The molecule has 7 nitrogen and oxygen atoms in total. The fourth-order valence-electron chi connectivity index (χ4n) is 4.01. The zero-order valence-electron chi connectivity index (χ0n) is 16.1. The third-order valence-corrected chi connectivity index (χ3v) is 5.67. The molecule has 1 fully saturated rings. The summed E-state index contributed by atoms with van der Waals surface area (Å²) in [7, 11) is 0. The smallest absolute Gasteiger partial charge is 0.270 e. The maximum absolute atomic E-state index is 12.9. The average Bonchev–Trinajstić information content (AvgIpc) is 2.99. The normalized spacial score (nSPS) is 16.9. The number of carbonyl (C=O) groups excluding carboxylic acids is 4. The number of nitrogens with two attached hydrogens (primary N) is 1. The Morgan fingerprint density at radius 3 is 2.31 bits per heavy atom. The first-order chi connectivity index (χ1) is 13.9. The lowest BCUT2D eigenvalue weighted by atomic mass is 9.94. The minimum absolute atomic E-state index is 0.0671. The maximum Gasteiger partial charge on any atom is 0.270 e. The van der Waals surface area contributed by atoms with Gasteiger partial charge < -0.3 is 10.6 Å². The molecule has 0 atom stereocenters. The van der Waals surface area contributed by atoms with Gasteiger partial charge in [0.05, 0.1) is 11.1 Å². The number of amides is 4. The number of carbonyl (C=O) groups is 4. The minimum atomic E-state index is -0.661. The van der Waals surface area contributed by atoms with Crippen molar-refractivity contribution in [2.24, 2.45) is 5.92 Å². The highest BCUT2D eigenvalue weighted by molar-refractivity contribution is 6.30. The molecule has 2 aromatic carbocycles. The molecule has 0 unspecified atom stereocenters. The SMILES string of the molecule is Cc1ccccc1C(=O)N1CCC(C(=O)N2C(=O)c3cccc(N)c3C2=O)CC1. The molecule has 2 aliphatic rings. The molecule has 0 aromatic heterocycles. The molecule has 0 aliphatic carbocycles. The number of nitrogens with zero attached hydrogens (tertiary/aromatic N) is 2. The molecular weight excluding hydrogens is 370 g/mol. The average molecular weight is 391 g/mol. The van der Waals surface area contributed by atoms with Gasteiger partial charge in [0.25, 0.3) is 17.7 Å². The van der Waals surface area contributed by atoms with Crippen LogP contribution in [0.2, 0.25) is 0 Å². The Labute approximate surface area is 168 Å². The predicted molar refractivity (Wildman–Crippen MR) is 106 cm³/mol. The number of aryl methyl sites for hydroxylation is 1. The van der Waals surface area contributed by atoms with Gasteiger partial charge in [0.2, 0.25) is 5.91 Å². The Morgan fingerprint density at radius 2 is 1.66 bits per heavy atom. The number of imide groups is 3. The van der Waals surface area contributed by atoms with Crippen LogP contribution < -0.4 is 5.73 Å². The van der Waals surface area contributed by atoms with Crippen LogP contribution in [-0.4, -0.2) is 46.5 Å². The van der Waals surface area contributed by atoms with Gasteiger partial charge in [0.1, 0.15) is 0 Å². The first-order valence-electron chi connectivity index (χ1n) is 9.56. The van der Waals surface area contributed by atoms with Crippen molar-refractivity contribution in [3.05, 3.63) is 64.7 Å². The predicted octanol–water partition coefficient (Wildman–Crippen LogP) is 2.25. The molecule has 2 heterocycles. The lowest BCUT2D eigenvalue weighted by Crippen LogP contribution is -2.46. The van der Waals surface area contributed by atoms with Gasteiger partial charge in [-0.3, -0.25) is 19.2 Å². The van der Waals surface area contributed by atoms with Crippen molar-refractivity contribution in [3.8, 4) is 0 Å². The van der Waals surface area contributed by atoms with Gasteiger partial charge >= 0.3 is 0 Å². The summed E-state index contributed by atoms with van der Waals surface area (Å²) in [5.74, 6) is -2.35. The second-order valence-electron chi connectivity index (χ2n) is 7.44. The number of fused-ring (bicyclic) bond motifs is 1. The molecule has 2 N–H and O–H groups in total. The number of hydrogen-bond acceptors (Lipinski definition) is 5. The number of hydrogen-bond donors (Lipinski definition) is 1. The molecule has 1 saturated heterocycles. The molecule has 4 rings (SSSR count). The monoisotopic (exact) mass is 391 g/mol. The fraction of sp³-hybridized carbons (Fsp3) is 0.273. The summed E-state index contributed by atoms with van der Waals surface area (Å²) in [5.41, 5.74) is 7.83. The molecule has 29 heavy (non-hydrogen) atoms. The van der Waals surface area contributed by atoms with E-state index < -0.39 is 23.6 Å². The van der Waals surface area contributed by atoms with Crippen LogP contribution in [0, 0.1) is 12.8 Å². The van der Waals surface area contributed by atoms with E-state index >= 15 is 0 Å². The van der Waals surface area contributed by atoms with E-state index in [0.717, 1.165) is 5.56 Å². The van der Waals surface area contributed by atoms with Crippen molar-refractivity contribution >= 4 is 29.3 Å². The van der Waals surface area contributed by atoms with E-state index in [1.165, 1.54) is 12.1 Å². The first kappa shape index (κ1) is 18.9. The Morgan fingerprint density at radius 1 is 0.966 bits per heavy atom. The van der Waals surface area contributed by atoms with Gasteiger partial charge in [-0.05, 0) is 43.5 Å². The third-order valence-electron chi connectivity index (χ3n) is 5.67. The quantitative estimate of drug-likeness (QED) is 0.625. The molecule has 0 saturated carbocycles. The molecule has 0 radical (unpaired) electrons. The van der Waals surface area contributed by atoms with Crippen LogP contribution in [0.4, 0.5) is 5.69 Å². The summed E-state index contributed by atoms with van der Waals surface area (Å²) in [5, 5.41) is 0. The largest absolute Gasteiger partial charge is 0.398 e. The van der Waals surface area contributed by atoms with E-state index in [9.17, 15) is 19.2 Å². The number of benzene rings is 2. The van der Waals surface area contributed by atoms with Crippen LogP contribution in [0.25, 0.3) is 0 Å². The van der Waals surface area contributed by atoms with E-state index in [-0.39, 0.29) is 22.7 Å². The van der Waals surface area contributed by atoms with E-state index in [4.69, 9.17) is 5.73 Å². The van der Waals surface area contributed by atoms with Gasteiger partial charge in [-0.1, -0.05) is 24.3 Å². The Balaban J connectivity index is 1.46. The zero-order chi connectivity index (χ0) is 20.7. The topological polar surface area (TPSA) is 101 Å². The lowest BCUT2D eigenvalue weighted by molar-refractivity contribution is -0.131. The molecule has 7 heteroatoms. The van der Waals surface area contributed by atoms with Crippen LogP contribution in [0.1, 0.15) is 49.5 Å². The van der Waals surface area contributed by atoms with Crippen molar-refractivity contribution < 1.29 is 19.2 Å². The van der Waals surface area contributed by atoms with Crippen molar-refractivity contribution in [3.63, 3.8) is 0 Å². The summed E-state index contributed by atoms with van der Waals surface area (Å²) in [6.07, 6.45) is 0.804. The van der Waals surface area contributed by atoms with Gasteiger partial charge in [-0.25, -0.2) is 4.90 Å². The first-order valence-corrected chi connectivity index (χ1v) is 9.56. The number of nitrogen functional groups attached to an aromatic ring is 1. The van der Waals surface area contributed by atoms with E-state index in [1.54, 1.807) is 17.0 Å². The van der Waals surface area contributed by atoms with Crippen LogP contribution in [-0.2, 0) is 4.79 Å². The molecule has 2 aliphatic heterocycles. The molecule has 148 valence electrons. The standard InChI is InChI=1S/C22H21N3O4/c1-13-5-2-3-6-15(13)20(27)24-11-9-14(10-12-24)19(26)25-21(28)16-7-4-8-17(23)18(16)22(25)29/h2-8,14H,9-12,23H2,1H3. The zero-order valence-corrected chi connectivity index (χ0v) is 16.1. The second-order valence-corrected chi connectivity index (χ2v) is 7.44. The summed E-state index contributed by atoms with van der Waals surface area (Å²) in [4.78, 5) is 53.4. The third kappa shape index (κ3) is 3.08. The van der Waals surface area contributed by atoms with Crippen molar-refractivity contribution in [2.45, 2.75) is 19.8 Å². The maximum atomic E-state index is 12.9. The van der Waals surface area contributed by atoms with Crippen LogP contribution in [0.3, 0.4) is 0 Å². The minimum Gasteiger partial charge on any atom is -0.398 e. The molecular formula is C22H21N3O4. The summed E-state index contributed by atoms with van der Waals surface area (Å²) >= 11 is 0. The molecule has 0 bridgehead atoms. The number of likely N-dealkylation sites (tertiary alicyclic amines) is 1. The van der Waals surface area contributed by atoms with E-state index in [0.29, 0.717) is 36.4 Å². The van der Waals surface area contributed by atoms with Crippen molar-refractivity contribution in [1.29, 1.82) is 0 Å². The fourth-order valence-corrected chi connectivity index (χ4v) is 4.01. The number of rotatable bonds is 2. The highest BCUT2D eigenvalue weighted by atomic mass is 16.2. The van der Waals surface area contributed by atoms with Gasteiger partial charge in [0.15, 0.2) is 0 Å². The van der Waals surface area contributed by atoms with Crippen molar-refractivity contribution in [1.82, 2.24) is 9.80 Å². The van der Waals surface area contributed by atoms with Crippen LogP contribution in [0.15, 0.2) is 42.5 Å². The molecule has 0 spiro atoms. The van der Waals surface area contributed by atoms with E-state index in [1.807, 2.05) is 25.1 Å². The molecule has 4 amide bonds. The highest BCUT2D eigenvalue weighted by Crippen LogP contribution is 2.31. The highest BCUT2D eigenvalue weighted by Gasteiger charge is 2.44. The summed E-state index contributed by atoms with van der Waals surface area (Å²) < 4.78 is 0. The van der Waals surface area contributed by atoms with Crippen LogP contribution >= 0.6 is 0 Å². The van der Waals surface area contributed by atoms with E-state index in [2.05, 4.69) is 0 Å². The second kappa shape index (κ2) is 7.16. The Kier molecular flexibility index (Phi) is 4.66. The number of anilines is 1. The van der Waals surface area contributed by atoms with Crippen molar-refractivity contribution in [2.75, 3.05) is 18.8 Å². The van der Waals surface area contributed by atoms with Gasteiger partial charge in [-0.2, -0.15) is 0 Å². The molecule has 2 aromatic rings. The van der Waals surface area contributed by atoms with Gasteiger partial charge in [0, 0.05) is 30.3 Å². The lowest BCUT2D eigenvalue weighted by Gasteiger charge is -2.32. The van der Waals surface area contributed by atoms with Crippen LogP contribution in [0.5, 0.6) is 0 Å². The summed E-state index contributed by atoms with van der Waals surface area (Å²) in [6, 6.07) is 12.0. The van der Waals surface area contributed by atoms with Gasteiger partial charge in [-0.15, -0.1) is 0 Å². The summed E-state index contributed by atoms with van der Waals surface area (Å²) in [6.45, 7) is 2.68.